The van der Waals surface area contributed by atoms with Gasteiger partial charge in [0.25, 0.3) is 0 Å². The number of carboxylic acids is 2. The third-order valence-corrected chi connectivity index (χ3v) is 2.04. The summed E-state index contributed by atoms with van der Waals surface area (Å²) in [5.74, 6) is -2.71. The molecule has 0 aliphatic rings. The van der Waals surface area contributed by atoms with Crippen molar-refractivity contribution in [3.05, 3.63) is 23.3 Å². The van der Waals surface area contributed by atoms with E-state index in [4.69, 9.17) is 0 Å². The minimum atomic E-state index is -1.24. The van der Waals surface area contributed by atoms with Crippen molar-refractivity contribution in [2.75, 3.05) is 0 Å². The number of rotatable bonds is 5. The van der Waals surface area contributed by atoms with Crippen LogP contribution >= 0.6 is 0 Å². The van der Waals surface area contributed by atoms with Crippen LogP contribution in [0, 0.1) is 5.92 Å². The Labute approximate surface area is 88.9 Å². The maximum atomic E-state index is 10.4. The van der Waals surface area contributed by atoms with Gasteiger partial charge in [0.15, 0.2) is 0 Å². The molecule has 0 aliphatic carbocycles. The predicted octanol–water partition coefficient (Wildman–Crippen LogP) is -0.595. The summed E-state index contributed by atoms with van der Waals surface area (Å²) >= 11 is 0. The number of hydrogen-bond acceptors (Lipinski definition) is 4. The monoisotopic (exact) mass is 210 g/mol. The zero-order chi connectivity index (χ0) is 12.0. The topological polar surface area (TPSA) is 80.3 Å². The molecular formula is C11H14O4-2. The molecule has 0 fully saturated rings. The summed E-state index contributed by atoms with van der Waals surface area (Å²) in [5, 5.41) is 20.9. The smallest absolute Gasteiger partial charge is 0.0669 e. The number of carboxylic acid groups (broad SMARTS) is 2. The fourth-order valence-electron chi connectivity index (χ4n) is 1.06. The third kappa shape index (κ3) is 5.00. The van der Waals surface area contributed by atoms with E-state index in [0.29, 0.717) is 6.42 Å². The van der Waals surface area contributed by atoms with Crippen LogP contribution in [0.3, 0.4) is 0 Å². The summed E-state index contributed by atoms with van der Waals surface area (Å²) in [6.45, 7) is 4.67. The first-order valence-electron chi connectivity index (χ1n) is 4.68. The van der Waals surface area contributed by atoms with E-state index in [9.17, 15) is 19.8 Å². The fraction of sp³-hybridized carbons (Fsp3) is 0.455. The number of hydrogen-bond donors (Lipinski definition) is 0. The Kier molecular flexibility index (Phi) is 5.37. The lowest BCUT2D eigenvalue weighted by Gasteiger charge is -2.10. The highest BCUT2D eigenvalue weighted by atomic mass is 16.4. The van der Waals surface area contributed by atoms with E-state index in [1.165, 1.54) is 26.0 Å². The van der Waals surface area contributed by atoms with Crippen LogP contribution in [0.5, 0.6) is 0 Å². The van der Waals surface area contributed by atoms with Crippen molar-refractivity contribution in [3.63, 3.8) is 0 Å². The Morgan fingerprint density at radius 3 is 1.60 bits per heavy atom. The van der Waals surface area contributed by atoms with Crippen LogP contribution in [0.4, 0.5) is 0 Å². The van der Waals surface area contributed by atoms with E-state index in [2.05, 4.69) is 0 Å². The average Bonchev–Trinajstić information content (AvgIpc) is 2.15. The minimum absolute atomic E-state index is 0.101. The molecule has 0 bridgehead atoms. The number of aliphatic carboxylic acids is 2. The van der Waals surface area contributed by atoms with Gasteiger partial charge >= 0.3 is 0 Å². The van der Waals surface area contributed by atoms with E-state index in [1.54, 1.807) is 0 Å². The molecule has 0 heterocycles. The van der Waals surface area contributed by atoms with Crippen molar-refractivity contribution in [1.29, 1.82) is 0 Å². The van der Waals surface area contributed by atoms with Crippen molar-refractivity contribution in [2.45, 2.75) is 27.2 Å². The van der Waals surface area contributed by atoms with Crippen molar-refractivity contribution in [3.8, 4) is 0 Å². The van der Waals surface area contributed by atoms with E-state index in [0.717, 1.165) is 0 Å². The van der Waals surface area contributed by atoms with Gasteiger partial charge in [0.05, 0.1) is 11.9 Å². The quantitative estimate of drug-likeness (QED) is 0.568. The van der Waals surface area contributed by atoms with Crippen LogP contribution in [0.15, 0.2) is 23.3 Å². The maximum absolute atomic E-state index is 10.4. The molecular weight excluding hydrogens is 196 g/mol. The highest BCUT2D eigenvalue weighted by Gasteiger charge is 2.01. The normalized spacial score (nSPS) is 13.1. The van der Waals surface area contributed by atoms with Crippen LogP contribution < -0.4 is 10.2 Å². The van der Waals surface area contributed by atoms with E-state index >= 15 is 0 Å². The Hall–Kier alpha value is -1.58. The molecule has 15 heavy (non-hydrogen) atoms. The average molecular weight is 210 g/mol. The van der Waals surface area contributed by atoms with Gasteiger partial charge < -0.3 is 19.8 Å². The summed E-state index contributed by atoms with van der Waals surface area (Å²) in [4.78, 5) is 20.9. The Morgan fingerprint density at radius 2 is 1.40 bits per heavy atom. The molecule has 0 atom stereocenters. The van der Waals surface area contributed by atoms with Crippen LogP contribution in [0.2, 0.25) is 0 Å². The molecule has 0 N–H and O–H groups in total. The first-order chi connectivity index (χ1) is 6.88. The SMILES string of the molecule is CCC(/C=C(\C)C(=O)[O-])/C=C(\C)C(=O)[O-]. The molecule has 4 nitrogen and oxygen atoms in total. The van der Waals surface area contributed by atoms with E-state index in [1.807, 2.05) is 6.92 Å². The number of carbonyl (C=O) groups excluding carboxylic acids is 2. The van der Waals surface area contributed by atoms with E-state index < -0.39 is 11.9 Å². The first-order valence-corrected chi connectivity index (χ1v) is 4.68. The van der Waals surface area contributed by atoms with Gasteiger partial charge in [-0.2, -0.15) is 0 Å². The molecule has 0 aromatic rings. The number of allylic oxidation sites excluding steroid dienone is 2. The Bertz CT molecular complexity index is 283. The largest absolute Gasteiger partial charge is 0.545 e. The highest BCUT2D eigenvalue weighted by Crippen LogP contribution is 2.12. The van der Waals surface area contributed by atoms with Crippen molar-refractivity contribution >= 4 is 11.9 Å². The van der Waals surface area contributed by atoms with Gasteiger partial charge in [-0.15, -0.1) is 0 Å². The van der Waals surface area contributed by atoms with Crippen LogP contribution in [-0.2, 0) is 9.59 Å². The molecule has 0 spiro atoms. The number of carbonyl (C=O) groups is 2. The Morgan fingerprint density at radius 1 is 1.07 bits per heavy atom. The van der Waals surface area contributed by atoms with E-state index in [-0.39, 0.29) is 17.1 Å². The molecule has 0 saturated carbocycles. The van der Waals surface area contributed by atoms with Crippen LogP contribution in [-0.4, -0.2) is 11.9 Å². The van der Waals surface area contributed by atoms with Crippen molar-refractivity contribution in [2.24, 2.45) is 5.92 Å². The second-order valence-corrected chi connectivity index (χ2v) is 3.35. The van der Waals surface area contributed by atoms with Gasteiger partial charge in [-0.25, -0.2) is 0 Å². The lowest BCUT2D eigenvalue weighted by atomic mass is 10.0. The molecule has 0 unspecified atom stereocenters. The lowest BCUT2D eigenvalue weighted by molar-refractivity contribution is -0.300. The van der Waals surface area contributed by atoms with Gasteiger partial charge in [-0.1, -0.05) is 19.1 Å². The molecule has 0 aliphatic heterocycles. The molecule has 0 rings (SSSR count). The lowest BCUT2D eigenvalue weighted by Crippen LogP contribution is -2.24. The Balaban J connectivity index is 4.80. The van der Waals surface area contributed by atoms with Gasteiger partial charge in [0.2, 0.25) is 0 Å². The maximum Gasteiger partial charge on any atom is 0.0669 e. The zero-order valence-electron chi connectivity index (χ0n) is 9.07. The van der Waals surface area contributed by atoms with Crippen molar-refractivity contribution < 1.29 is 19.8 Å². The van der Waals surface area contributed by atoms with Crippen LogP contribution in [0.25, 0.3) is 0 Å². The molecule has 0 amide bonds. The second kappa shape index (κ2) is 6.01. The summed E-state index contributed by atoms with van der Waals surface area (Å²) < 4.78 is 0. The molecule has 0 saturated heterocycles. The van der Waals surface area contributed by atoms with Gasteiger partial charge in [-0.3, -0.25) is 0 Å². The van der Waals surface area contributed by atoms with Crippen molar-refractivity contribution in [1.82, 2.24) is 0 Å². The summed E-state index contributed by atoms with van der Waals surface area (Å²) in [6, 6.07) is 0. The molecule has 4 heteroatoms. The molecule has 0 aromatic carbocycles. The van der Waals surface area contributed by atoms with Crippen LogP contribution in [0.1, 0.15) is 27.2 Å². The molecule has 84 valence electrons. The summed E-state index contributed by atoms with van der Waals surface area (Å²) in [6.07, 6.45) is 3.57. The highest BCUT2D eigenvalue weighted by molar-refractivity contribution is 5.85. The van der Waals surface area contributed by atoms with Gasteiger partial charge in [0, 0.05) is 0 Å². The molecule has 0 radical (unpaired) electrons. The second-order valence-electron chi connectivity index (χ2n) is 3.35. The minimum Gasteiger partial charge on any atom is -0.545 e. The third-order valence-electron chi connectivity index (χ3n) is 2.04. The summed E-state index contributed by atoms with van der Waals surface area (Å²) in [7, 11) is 0. The predicted molar refractivity (Wildman–Crippen MR) is 51.3 cm³/mol. The standard InChI is InChI=1S/C11H16O4/c1-4-9(5-7(2)10(12)13)6-8(3)11(14)15/h5-6,9H,4H2,1-3H3,(H,12,13)(H,14,15)/p-2/b7-5+,8-6+. The fourth-order valence-corrected chi connectivity index (χ4v) is 1.06. The summed E-state index contributed by atoms with van der Waals surface area (Å²) in [5.41, 5.74) is 0.202. The zero-order valence-corrected chi connectivity index (χ0v) is 9.07. The van der Waals surface area contributed by atoms with Gasteiger partial charge in [0.1, 0.15) is 0 Å². The first kappa shape index (κ1) is 13.4. The van der Waals surface area contributed by atoms with Gasteiger partial charge in [-0.05, 0) is 37.3 Å². The molecule has 0 aromatic heterocycles.